The van der Waals surface area contributed by atoms with Crippen LogP contribution in [0, 0.1) is 0 Å². The van der Waals surface area contributed by atoms with Gasteiger partial charge in [0.25, 0.3) is 0 Å². The fourth-order valence-electron chi connectivity index (χ4n) is 3.66. The molecule has 0 aliphatic carbocycles. The zero-order valence-electron chi connectivity index (χ0n) is 15.6. The molecule has 1 heterocycles. The lowest BCUT2D eigenvalue weighted by Crippen LogP contribution is -2.48. The van der Waals surface area contributed by atoms with Crippen molar-refractivity contribution in [1.29, 1.82) is 0 Å². The van der Waals surface area contributed by atoms with Crippen LogP contribution in [0.3, 0.4) is 0 Å². The largest absolute Gasteiger partial charge is 0.393 e. The molecule has 4 atom stereocenters. The zero-order valence-corrected chi connectivity index (χ0v) is 15.6. The topological polar surface area (TPSA) is 52.5 Å². The van der Waals surface area contributed by atoms with Crippen molar-refractivity contribution in [1.82, 2.24) is 5.32 Å². The molecule has 1 saturated heterocycles. The van der Waals surface area contributed by atoms with Crippen molar-refractivity contribution in [2.75, 3.05) is 0 Å². The summed E-state index contributed by atoms with van der Waals surface area (Å²) in [6, 6.07) is 0.907. The standard InChI is InChI=1S/C20H41NO2/c1-17(22)13-11-9-7-5-3-4-6-8-10-12-14-19-15-16-20(23)18(2)21-19/h17-23H,3-16H2,1-2H3/t17?,18-,19+,20-/m0/s1. The molecule has 3 nitrogen and oxygen atoms in total. The van der Waals surface area contributed by atoms with Gasteiger partial charge in [0.1, 0.15) is 0 Å². The van der Waals surface area contributed by atoms with Gasteiger partial charge in [-0.3, -0.25) is 0 Å². The van der Waals surface area contributed by atoms with Crippen LogP contribution in [0.25, 0.3) is 0 Å². The van der Waals surface area contributed by atoms with Crippen LogP contribution in [-0.4, -0.2) is 34.5 Å². The van der Waals surface area contributed by atoms with E-state index in [2.05, 4.69) is 12.2 Å². The number of aliphatic hydroxyl groups excluding tert-OH is 2. The van der Waals surface area contributed by atoms with Crippen LogP contribution in [0.4, 0.5) is 0 Å². The number of aliphatic hydroxyl groups is 2. The molecule has 138 valence electrons. The summed E-state index contributed by atoms with van der Waals surface area (Å²) in [7, 11) is 0. The van der Waals surface area contributed by atoms with Crippen molar-refractivity contribution in [2.24, 2.45) is 0 Å². The van der Waals surface area contributed by atoms with Gasteiger partial charge >= 0.3 is 0 Å². The molecule has 0 bridgehead atoms. The Morgan fingerprint density at radius 1 is 0.870 bits per heavy atom. The van der Waals surface area contributed by atoms with Crippen LogP contribution in [0.15, 0.2) is 0 Å². The quantitative estimate of drug-likeness (QED) is 0.435. The first-order valence-corrected chi connectivity index (χ1v) is 10.2. The van der Waals surface area contributed by atoms with E-state index >= 15 is 0 Å². The Balaban J connectivity index is 1.78. The molecule has 0 aromatic rings. The summed E-state index contributed by atoms with van der Waals surface area (Å²) in [5, 5.41) is 22.4. The van der Waals surface area contributed by atoms with Crippen molar-refractivity contribution >= 4 is 0 Å². The summed E-state index contributed by atoms with van der Waals surface area (Å²) < 4.78 is 0. The SMILES string of the molecule is CC(O)CCCCCCCCCCCC[C@@H]1CC[C@H](O)[C@H](C)N1. The molecule has 1 fully saturated rings. The van der Waals surface area contributed by atoms with Gasteiger partial charge in [0.15, 0.2) is 0 Å². The second kappa shape index (κ2) is 13.2. The van der Waals surface area contributed by atoms with Crippen molar-refractivity contribution in [3.05, 3.63) is 0 Å². The minimum absolute atomic E-state index is 0.118. The monoisotopic (exact) mass is 327 g/mol. The van der Waals surface area contributed by atoms with Crippen molar-refractivity contribution < 1.29 is 10.2 Å². The van der Waals surface area contributed by atoms with E-state index in [4.69, 9.17) is 0 Å². The molecular formula is C20H41NO2. The van der Waals surface area contributed by atoms with E-state index in [9.17, 15) is 10.2 Å². The third-order valence-electron chi connectivity index (χ3n) is 5.31. The average molecular weight is 328 g/mol. The Bertz CT molecular complexity index is 270. The Morgan fingerprint density at radius 3 is 1.91 bits per heavy atom. The maximum Gasteiger partial charge on any atom is 0.0691 e. The maximum atomic E-state index is 9.71. The molecule has 0 radical (unpaired) electrons. The van der Waals surface area contributed by atoms with Crippen LogP contribution >= 0.6 is 0 Å². The maximum absolute atomic E-state index is 9.71. The minimum atomic E-state index is -0.140. The van der Waals surface area contributed by atoms with Gasteiger partial charge in [-0.25, -0.2) is 0 Å². The molecule has 1 aliphatic rings. The van der Waals surface area contributed by atoms with Crippen molar-refractivity contribution in [2.45, 2.75) is 128 Å². The van der Waals surface area contributed by atoms with Gasteiger partial charge in [-0.2, -0.15) is 0 Å². The third kappa shape index (κ3) is 11.1. The van der Waals surface area contributed by atoms with Gasteiger partial charge < -0.3 is 15.5 Å². The van der Waals surface area contributed by atoms with Crippen molar-refractivity contribution in [3.8, 4) is 0 Å². The number of hydrogen-bond donors (Lipinski definition) is 3. The molecular weight excluding hydrogens is 286 g/mol. The highest BCUT2D eigenvalue weighted by Crippen LogP contribution is 2.18. The highest BCUT2D eigenvalue weighted by molar-refractivity contribution is 4.83. The summed E-state index contributed by atoms with van der Waals surface area (Å²) >= 11 is 0. The van der Waals surface area contributed by atoms with E-state index in [1.54, 1.807) is 0 Å². The summed E-state index contributed by atoms with van der Waals surface area (Å²) in [4.78, 5) is 0. The molecule has 1 aliphatic heterocycles. The van der Waals surface area contributed by atoms with Crippen molar-refractivity contribution in [3.63, 3.8) is 0 Å². The molecule has 1 unspecified atom stereocenters. The zero-order chi connectivity index (χ0) is 16.9. The van der Waals surface area contributed by atoms with Gasteiger partial charge in [0.05, 0.1) is 12.2 Å². The summed E-state index contributed by atoms with van der Waals surface area (Å²) in [6.45, 7) is 3.98. The lowest BCUT2D eigenvalue weighted by molar-refractivity contribution is 0.0849. The van der Waals surface area contributed by atoms with Crippen LogP contribution < -0.4 is 5.32 Å². The summed E-state index contributed by atoms with van der Waals surface area (Å²) in [5.74, 6) is 0. The van der Waals surface area contributed by atoms with E-state index in [0.29, 0.717) is 6.04 Å². The van der Waals surface area contributed by atoms with Crippen LogP contribution in [0.5, 0.6) is 0 Å². The Morgan fingerprint density at radius 2 is 1.39 bits per heavy atom. The normalized spacial score (nSPS) is 26.3. The van der Waals surface area contributed by atoms with E-state index < -0.39 is 0 Å². The molecule has 0 aromatic carbocycles. The second-order valence-electron chi connectivity index (χ2n) is 7.76. The summed E-state index contributed by atoms with van der Waals surface area (Å²) in [6.07, 6.45) is 17.5. The molecule has 0 amide bonds. The Kier molecular flexibility index (Phi) is 12.0. The molecule has 1 rings (SSSR count). The first kappa shape index (κ1) is 20.9. The van der Waals surface area contributed by atoms with Crippen LogP contribution in [0.2, 0.25) is 0 Å². The fraction of sp³-hybridized carbons (Fsp3) is 1.00. The summed E-state index contributed by atoms with van der Waals surface area (Å²) in [5.41, 5.74) is 0. The van der Waals surface area contributed by atoms with E-state index in [-0.39, 0.29) is 18.2 Å². The van der Waals surface area contributed by atoms with Crippen LogP contribution in [-0.2, 0) is 0 Å². The Labute approximate surface area is 144 Å². The van der Waals surface area contributed by atoms with E-state index in [1.165, 1.54) is 70.6 Å². The number of nitrogens with one attached hydrogen (secondary N) is 1. The smallest absolute Gasteiger partial charge is 0.0691 e. The average Bonchev–Trinajstić information content (AvgIpc) is 2.51. The predicted molar refractivity (Wildman–Crippen MR) is 98.7 cm³/mol. The van der Waals surface area contributed by atoms with E-state index in [0.717, 1.165) is 19.3 Å². The number of rotatable bonds is 13. The van der Waals surface area contributed by atoms with Crippen LogP contribution in [0.1, 0.15) is 104 Å². The number of piperidine rings is 1. The Hall–Kier alpha value is -0.120. The molecule has 0 saturated carbocycles. The molecule has 0 spiro atoms. The van der Waals surface area contributed by atoms with Gasteiger partial charge in [0.2, 0.25) is 0 Å². The number of hydrogen-bond acceptors (Lipinski definition) is 3. The van der Waals surface area contributed by atoms with Gasteiger partial charge in [-0.1, -0.05) is 64.2 Å². The molecule has 23 heavy (non-hydrogen) atoms. The first-order valence-electron chi connectivity index (χ1n) is 10.2. The predicted octanol–water partition coefficient (Wildman–Crippen LogP) is 4.55. The highest BCUT2D eigenvalue weighted by atomic mass is 16.3. The first-order chi connectivity index (χ1) is 11.1. The molecule has 3 N–H and O–H groups in total. The highest BCUT2D eigenvalue weighted by Gasteiger charge is 2.24. The third-order valence-corrected chi connectivity index (χ3v) is 5.31. The second-order valence-corrected chi connectivity index (χ2v) is 7.76. The number of unbranched alkanes of at least 4 members (excludes halogenated alkanes) is 9. The van der Waals surface area contributed by atoms with Gasteiger partial charge in [-0.15, -0.1) is 0 Å². The fourth-order valence-corrected chi connectivity index (χ4v) is 3.66. The molecule has 3 heteroatoms. The lowest BCUT2D eigenvalue weighted by atomic mass is 9.93. The lowest BCUT2D eigenvalue weighted by Gasteiger charge is -2.32. The minimum Gasteiger partial charge on any atom is -0.393 e. The van der Waals surface area contributed by atoms with E-state index in [1.807, 2.05) is 6.92 Å². The van der Waals surface area contributed by atoms with Gasteiger partial charge in [0, 0.05) is 12.1 Å². The van der Waals surface area contributed by atoms with Gasteiger partial charge in [-0.05, 0) is 39.5 Å². The molecule has 0 aromatic heterocycles.